The monoisotopic (exact) mass is 334 g/mol. The van der Waals surface area contributed by atoms with Crippen LogP contribution in [-0.4, -0.2) is 38.0 Å². The molecule has 0 bridgehead atoms. The minimum atomic E-state index is -0.868. The molecule has 0 aliphatic rings. The van der Waals surface area contributed by atoms with E-state index in [0.29, 0.717) is 0 Å². The van der Waals surface area contributed by atoms with Crippen LogP contribution in [0.2, 0.25) is 0 Å². The minimum Gasteiger partial charge on any atom is -0.450 e. The van der Waals surface area contributed by atoms with Crippen LogP contribution in [0.1, 0.15) is 10.6 Å². The van der Waals surface area contributed by atoms with E-state index in [0.717, 1.165) is 0 Å². The number of carbonyl (C=O) groups excluding carboxylic acids is 3. The van der Waals surface area contributed by atoms with E-state index in [1.165, 1.54) is 37.4 Å². The van der Waals surface area contributed by atoms with E-state index < -0.39 is 24.3 Å². The van der Waals surface area contributed by atoms with Crippen LogP contribution in [0.25, 0.3) is 11.3 Å². The molecule has 1 heterocycles. The zero-order valence-electron chi connectivity index (χ0n) is 12.8. The van der Waals surface area contributed by atoms with Gasteiger partial charge in [0.25, 0.3) is 5.91 Å². The quantitative estimate of drug-likeness (QED) is 0.771. The molecule has 0 saturated carbocycles. The highest BCUT2D eigenvalue weighted by molar-refractivity contribution is 5.90. The Bertz CT molecular complexity index is 756. The molecule has 24 heavy (non-hydrogen) atoms. The van der Waals surface area contributed by atoms with E-state index >= 15 is 0 Å². The summed E-state index contributed by atoms with van der Waals surface area (Å²) >= 11 is 0. The van der Waals surface area contributed by atoms with E-state index in [9.17, 15) is 18.8 Å². The first-order valence-electron chi connectivity index (χ1n) is 7.00. The second kappa shape index (κ2) is 7.91. The van der Waals surface area contributed by atoms with E-state index in [1.807, 2.05) is 0 Å². The van der Waals surface area contributed by atoms with Crippen LogP contribution in [-0.2, 0) is 14.3 Å². The molecule has 7 nitrogen and oxygen atoms in total. The first-order chi connectivity index (χ1) is 11.5. The number of hydrogen-bond donors (Lipinski definition) is 2. The number of nitrogens with one attached hydrogen (secondary N) is 2. The molecular formula is C16H15FN2O5. The Morgan fingerprint density at radius 2 is 1.88 bits per heavy atom. The molecule has 0 aliphatic heterocycles. The molecule has 2 N–H and O–H groups in total. The molecule has 0 unspecified atom stereocenters. The molecule has 2 aromatic rings. The van der Waals surface area contributed by atoms with Gasteiger partial charge in [0.15, 0.2) is 6.61 Å². The predicted molar refractivity (Wildman–Crippen MR) is 81.5 cm³/mol. The summed E-state index contributed by atoms with van der Waals surface area (Å²) in [6.07, 6.45) is 0. The molecule has 2 amide bonds. The molecular weight excluding hydrogens is 319 g/mol. The topological polar surface area (TPSA) is 97.6 Å². The van der Waals surface area contributed by atoms with Crippen molar-refractivity contribution in [2.45, 2.75) is 0 Å². The second-order valence-corrected chi connectivity index (χ2v) is 4.67. The number of furan rings is 1. The Hall–Kier alpha value is -3.16. The van der Waals surface area contributed by atoms with Gasteiger partial charge in [-0.15, -0.1) is 0 Å². The van der Waals surface area contributed by atoms with Crippen LogP contribution < -0.4 is 10.6 Å². The maximum absolute atomic E-state index is 13.7. The average Bonchev–Trinajstić information content (AvgIpc) is 3.07. The zero-order valence-corrected chi connectivity index (χ0v) is 12.8. The number of halogens is 1. The van der Waals surface area contributed by atoms with Crippen molar-refractivity contribution in [2.75, 3.05) is 20.2 Å². The van der Waals surface area contributed by atoms with Gasteiger partial charge in [0.05, 0.1) is 12.1 Å². The Kier molecular flexibility index (Phi) is 5.67. The normalized spacial score (nSPS) is 10.1. The van der Waals surface area contributed by atoms with Gasteiger partial charge in [-0.1, -0.05) is 12.1 Å². The fourth-order valence-corrected chi connectivity index (χ4v) is 1.77. The number of hydrogen-bond acceptors (Lipinski definition) is 5. The lowest BCUT2D eigenvalue weighted by molar-refractivity contribution is -0.127. The van der Waals surface area contributed by atoms with E-state index in [-0.39, 0.29) is 29.5 Å². The summed E-state index contributed by atoms with van der Waals surface area (Å²) in [6, 6.07) is 8.71. The second-order valence-electron chi connectivity index (χ2n) is 4.67. The van der Waals surface area contributed by atoms with Crippen LogP contribution in [0, 0.1) is 5.82 Å². The molecule has 0 aliphatic carbocycles. The molecule has 2 rings (SSSR count). The van der Waals surface area contributed by atoms with Crippen molar-refractivity contribution >= 4 is 17.8 Å². The average molecular weight is 334 g/mol. The van der Waals surface area contributed by atoms with Crippen LogP contribution >= 0.6 is 0 Å². The number of benzene rings is 1. The smallest absolute Gasteiger partial charge is 0.374 e. The lowest BCUT2D eigenvalue weighted by Crippen LogP contribution is -2.37. The van der Waals surface area contributed by atoms with Crippen molar-refractivity contribution in [3.05, 3.63) is 48.0 Å². The SMILES string of the molecule is CNC(=O)CNC(=O)COC(=O)c1ccc(-c2ccccc2F)o1. The Labute approximate surface area is 136 Å². The zero-order chi connectivity index (χ0) is 17.5. The van der Waals surface area contributed by atoms with Gasteiger partial charge < -0.3 is 19.8 Å². The van der Waals surface area contributed by atoms with Gasteiger partial charge in [0.1, 0.15) is 11.6 Å². The van der Waals surface area contributed by atoms with Crippen molar-refractivity contribution in [3.8, 4) is 11.3 Å². The Balaban J connectivity index is 1.91. The molecule has 0 spiro atoms. The first-order valence-corrected chi connectivity index (χ1v) is 7.00. The number of ether oxygens (including phenoxy) is 1. The summed E-state index contributed by atoms with van der Waals surface area (Å²) in [7, 11) is 1.43. The third kappa shape index (κ3) is 4.42. The van der Waals surface area contributed by atoms with E-state index in [2.05, 4.69) is 10.6 Å². The van der Waals surface area contributed by atoms with Crippen molar-refractivity contribution in [3.63, 3.8) is 0 Å². The van der Waals surface area contributed by atoms with Gasteiger partial charge in [0, 0.05) is 7.05 Å². The highest BCUT2D eigenvalue weighted by atomic mass is 19.1. The van der Waals surface area contributed by atoms with Crippen molar-refractivity contribution in [2.24, 2.45) is 0 Å². The van der Waals surface area contributed by atoms with Crippen molar-refractivity contribution < 1.29 is 27.9 Å². The fourth-order valence-electron chi connectivity index (χ4n) is 1.77. The highest BCUT2D eigenvalue weighted by Crippen LogP contribution is 2.24. The van der Waals surface area contributed by atoms with Gasteiger partial charge in [-0.2, -0.15) is 0 Å². The largest absolute Gasteiger partial charge is 0.450 e. The summed E-state index contributed by atoms with van der Waals surface area (Å²) in [5, 5.41) is 4.60. The van der Waals surface area contributed by atoms with E-state index in [4.69, 9.17) is 9.15 Å². The fraction of sp³-hybridized carbons (Fsp3) is 0.188. The van der Waals surface area contributed by atoms with Crippen LogP contribution in [0.5, 0.6) is 0 Å². The Morgan fingerprint density at radius 1 is 1.12 bits per heavy atom. The molecule has 0 fully saturated rings. The van der Waals surface area contributed by atoms with Gasteiger partial charge in [-0.25, -0.2) is 9.18 Å². The lowest BCUT2D eigenvalue weighted by Gasteiger charge is -2.04. The van der Waals surface area contributed by atoms with Crippen LogP contribution in [0.3, 0.4) is 0 Å². The Morgan fingerprint density at radius 3 is 2.58 bits per heavy atom. The molecule has 1 aromatic heterocycles. The summed E-state index contributed by atoms with van der Waals surface area (Å²) in [5.41, 5.74) is 0.208. The molecule has 1 aromatic carbocycles. The van der Waals surface area contributed by atoms with Crippen molar-refractivity contribution in [1.82, 2.24) is 10.6 Å². The summed E-state index contributed by atoms with van der Waals surface area (Å²) in [4.78, 5) is 34.2. The van der Waals surface area contributed by atoms with Crippen LogP contribution in [0.4, 0.5) is 4.39 Å². The third-order valence-corrected chi connectivity index (χ3v) is 3.01. The summed E-state index contributed by atoms with van der Waals surface area (Å²) in [5.74, 6) is -2.35. The van der Waals surface area contributed by atoms with Gasteiger partial charge >= 0.3 is 5.97 Å². The number of carbonyl (C=O) groups is 3. The van der Waals surface area contributed by atoms with Gasteiger partial charge in [0.2, 0.25) is 11.7 Å². The standard InChI is InChI=1S/C16H15FN2O5/c1-18-14(20)8-19-15(21)9-23-16(22)13-7-6-12(24-13)10-4-2-3-5-11(10)17/h2-7H,8-9H2,1H3,(H,18,20)(H,19,21). The van der Waals surface area contributed by atoms with E-state index in [1.54, 1.807) is 6.07 Å². The maximum atomic E-state index is 13.7. The van der Waals surface area contributed by atoms with Crippen molar-refractivity contribution in [1.29, 1.82) is 0 Å². The lowest BCUT2D eigenvalue weighted by atomic mass is 10.1. The summed E-state index contributed by atoms with van der Waals surface area (Å²) in [6.45, 7) is -0.781. The van der Waals surface area contributed by atoms with Gasteiger partial charge in [-0.3, -0.25) is 9.59 Å². The molecule has 0 atom stereocenters. The molecule has 0 radical (unpaired) electrons. The number of rotatable bonds is 6. The summed E-state index contributed by atoms with van der Waals surface area (Å²) < 4.78 is 23.7. The molecule has 0 saturated heterocycles. The number of esters is 1. The molecule has 126 valence electrons. The third-order valence-electron chi connectivity index (χ3n) is 3.01. The molecule has 8 heteroatoms. The number of likely N-dealkylation sites (N-methyl/N-ethyl adjacent to an activating group) is 1. The highest BCUT2D eigenvalue weighted by Gasteiger charge is 2.16. The van der Waals surface area contributed by atoms with Crippen LogP contribution in [0.15, 0.2) is 40.8 Å². The first kappa shape index (κ1) is 17.2. The van der Waals surface area contributed by atoms with Gasteiger partial charge in [-0.05, 0) is 24.3 Å². The predicted octanol–water partition coefficient (Wildman–Crippen LogP) is 1.10. The maximum Gasteiger partial charge on any atom is 0.374 e. The number of amides is 2. The minimum absolute atomic E-state index is 0.160.